The number of carbonyl (C=O) groups excluding carboxylic acids is 2. The first kappa shape index (κ1) is 13.6. The number of hydrogen-bond donors (Lipinski definition) is 3. The monoisotopic (exact) mass is 255 g/mol. The fourth-order valence-electron chi connectivity index (χ4n) is 1.14. The molecule has 96 valence electrons. The van der Waals surface area contributed by atoms with Crippen molar-refractivity contribution in [2.75, 3.05) is 0 Å². The van der Waals surface area contributed by atoms with Crippen molar-refractivity contribution >= 4 is 17.8 Å². The largest absolute Gasteiger partial charge is 0.480 e. The van der Waals surface area contributed by atoms with Gasteiger partial charge in [0, 0.05) is 0 Å². The van der Waals surface area contributed by atoms with Gasteiger partial charge in [-0.25, -0.2) is 14.2 Å². The SMILES string of the molecule is NC(=O)C[C@H](NC(=O)c1ccc(F)cn1)C(=O)O. The molecule has 0 aliphatic carbocycles. The molecule has 0 bridgehead atoms. The maximum absolute atomic E-state index is 12.6. The van der Waals surface area contributed by atoms with E-state index in [0.29, 0.717) is 0 Å². The number of amides is 2. The van der Waals surface area contributed by atoms with E-state index >= 15 is 0 Å². The van der Waals surface area contributed by atoms with Crippen molar-refractivity contribution in [1.82, 2.24) is 10.3 Å². The molecule has 1 rings (SSSR count). The molecule has 0 radical (unpaired) electrons. The third-order valence-corrected chi connectivity index (χ3v) is 1.97. The normalized spacial score (nSPS) is 11.6. The van der Waals surface area contributed by atoms with E-state index in [2.05, 4.69) is 10.3 Å². The summed E-state index contributed by atoms with van der Waals surface area (Å²) in [6.07, 6.45) is 0.279. The number of nitrogens with zero attached hydrogens (tertiary/aromatic N) is 1. The van der Waals surface area contributed by atoms with Crippen LogP contribution in [0.1, 0.15) is 16.9 Å². The molecule has 0 spiro atoms. The zero-order valence-electron chi connectivity index (χ0n) is 9.09. The lowest BCUT2D eigenvalue weighted by Crippen LogP contribution is -2.43. The Morgan fingerprint density at radius 1 is 1.44 bits per heavy atom. The number of carboxylic acid groups (broad SMARTS) is 1. The number of rotatable bonds is 5. The maximum atomic E-state index is 12.6. The van der Waals surface area contributed by atoms with Gasteiger partial charge in [0.25, 0.3) is 5.91 Å². The van der Waals surface area contributed by atoms with Crippen LogP contribution in [-0.2, 0) is 9.59 Å². The van der Waals surface area contributed by atoms with Crippen LogP contribution in [-0.4, -0.2) is 33.9 Å². The average molecular weight is 255 g/mol. The van der Waals surface area contributed by atoms with E-state index in [1.54, 1.807) is 0 Å². The van der Waals surface area contributed by atoms with Crippen molar-refractivity contribution in [2.24, 2.45) is 5.73 Å². The number of aliphatic carboxylic acids is 1. The summed E-state index contributed by atoms with van der Waals surface area (Å²) < 4.78 is 12.6. The molecule has 4 N–H and O–H groups in total. The highest BCUT2D eigenvalue weighted by Gasteiger charge is 2.23. The fraction of sp³-hybridized carbons (Fsp3) is 0.200. The summed E-state index contributed by atoms with van der Waals surface area (Å²) in [5.74, 6) is -3.72. The Morgan fingerprint density at radius 2 is 2.11 bits per heavy atom. The molecule has 1 heterocycles. The van der Waals surface area contributed by atoms with Gasteiger partial charge in [-0.1, -0.05) is 0 Å². The molecule has 0 aliphatic heterocycles. The number of aromatic nitrogens is 1. The molecule has 0 saturated carbocycles. The Labute approximate surface area is 101 Å². The van der Waals surface area contributed by atoms with Crippen LogP contribution >= 0.6 is 0 Å². The quantitative estimate of drug-likeness (QED) is 0.640. The second kappa shape index (κ2) is 5.71. The van der Waals surface area contributed by atoms with Gasteiger partial charge in [-0.3, -0.25) is 9.59 Å². The van der Waals surface area contributed by atoms with Crippen LogP contribution in [0.15, 0.2) is 18.3 Å². The Bertz CT molecular complexity index is 475. The molecular formula is C10H10FN3O4. The predicted molar refractivity (Wildman–Crippen MR) is 56.9 cm³/mol. The van der Waals surface area contributed by atoms with Gasteiger partial charge >= 0.3 is 5.97 Å². The van der Waals surface area contributed by atoms with E-state index < -0.39 is 36.1 Å². The van der Waals surface area contributed by atoms with Gasteiger partial charge in [-0.15, -0.1) is 0 Å². The van der Waals surface area contributed by atoms with Gasteiger partial charge in [0.2, 0.25) is 5.91 Å². The highest BCUT2D eigenvalue weighted by atomic mass is 19.1. The second-order valence-electron chi connectivity index (χ2n) is 3.40. The van der Waals surface area contributed by atoms with Crippen LogP contribution in [0.25, 0.3) is 0 Å². The number of carboxylic acids is 1. The molecule has 0 saturated heterocycles. The van der Waals surface area contributed by atoms with Crippen molar-refractivity contribution in [3.8, 4) is 0 Å². The number of pyridine rings is 1. The zero-order chi connectivity index (χ0) is 13.7. The summed E-state index contributed by atoms with van der Waals surface area (Å²) in [7, 11) is 0. The lowest BCUT2D eigenvalue weighted by molar-refractivity contribution is -0.140. The molecule has 0 fully saturated rings. The van der Waals surface area contributed by atoms with E-state index in [9.17, 15) is 18.8 Å². The third-order valence-electron chi connectivity index (χ3n) is 1.97. The summed E-state index contributed by atoms with van der Waals surface area (Å²) in [5.41, 5.74) is 4.69. The summed E-state index contributed by atoms with van der Waals surface area (Å²) in [6, 6.07) is 0.654. The van der Waals surface area contributed by atoms with E-state index in [1.165, 1.54) is 0 Å². The van der Waals surface area contributed by atoms with Gasteiger partial charge in [0.15, 0.2) is 0 Å². The van der Waals surface area contributed by atoms with Crippen LogP contribution in [0, 0.1) is 5.82 Å². The highest BCUT2D eigenvalue weighted by molar-refractivity contribution is 5.96. The van der Waals surface area contributed by atoms with Gasteiger partial charge in [0.1, 0.15) is 17.6 Å². The van der Waals surface area contributed by atoms with E-state index in [-0.39, 0.29) is 5.69 Å². The van der Waals surface area contributed by atoms with Crippen LogP contribution in [0.3, 0.4) is 0 Å². The van der Waals surface area contributed by atoms with Crippen molar-refractivity contribution in [3.05, 3.63) is 29.8 Å². The van der Waals surface area contributed by atoms with Gasteiger partial charge in [-0.05, 0) is 12.1 Å². The van der Waals surface area contributed by atoms with Crippen LogP contribution in [0.5, 0.6) is 0 Å². The number of primary amides is 1. The van der Waals surface area contributed by atoms with Crippen LogP contribution < -0.4 is 11.1 Å². The average Bonchev–Trinajstić information content (AvgIpc) is 2.28. The molecule has 0 unspecified atom stereocenters. The Balaban J connectivity index is 2.75. The zero-order valence-corrected chi connectivity index (χ0v) is 9.09. The van der Waals surface area contributed by atoms with Crippen molar-refractivity contribution < 1.29 is 23.9 Å². The number of nitrogens with two attached hydrogens (primary N) is 1. The lowest BCUT2D eigenvalue weighted by Gasteiger charge is -2.12. The standard InChI is InChI=1S/C10H10FN3O4/c11-5-1-2-6(13-4-5)9(16)14-7(10(17)18)3-8(12)15/h1-2,4,7H,3H2,(H2,12,15)(H,14,16)(H,17,18)/t7-/m0/s1. The van der Waals surface area contributed by atoms with Gasteiger partial charge < -0.3 is 16.2 Å². The Morgan fingerprint density at radius 3 is 2.56 bits per heavy atom. The first-order chi connectivity index (χ1) is 8.40. The molecular weight excluding hydrogens is 245 g/mol. The topological polar surface area (TPSA) is 122 Å². The Kier molecular flexibility index (Phi) is 4.30. The minimum Gasteiger partial charge on any atom is -0.480 e. The molecule has 1 aromatic heterocycles. The van der Waals surface area contributed by atoms with Crippen molar-refractivity contribution in [2.45, 2.75) is 12.5 Å². The minimum atomic E-state index is -1.44. The molecule has 2 amide bonds. The summed E-state index contributed by atoms with van der Waals surface area (Å²) in [6.45, 7) is 0. The molecule has 0 aromatic carbocycles. The van der Waals surface area contributed by atoms with Crippen molar-refractivity contribution in [1.29, 1.82) is 0 Å². The first-order valence-corrected chi connectivity index (χ1v) is 4.83. The lowest BCUT2D eigenvalue weighted by atomic mass is 10.2. The van der Waals surface area contributed by atoms with Crippen LogP contribution in [0.4, 0.5) is 4.39 Å². The summed E-state index contributed by atoms with van der Waals surface area (Å²) >= 11 is 0. The summed E-state index contributed by atoms with van der Waals surface area (Å²) in [5, 5.41) is 10.8. The number of carbonyl (C=O) groups is 3. The molecule has 1 atom stereocenters. The summed E-state index contributed by atoms with van der Waals surface area (Å²) in [4.78, 5) is 36.4. The second-order valence-corrected chi connectivity index (χ2v) is 3.40. The van der Waals surface area contributed by atoms with Gasteiger partial charge in [-0.2, -0.15) is 0 Å². The maximum Gasteiger partial charge on any atom is 0.326 e. The Hall–Kier alpha value is -2.51. The molecule has 0 aliphatic rings. The predicted octanol–water partition coefficient (Wildman–Crippen LogP) is -0.721. The smallest absolute Gasteiger partial charge is 0.326 e. The fourth-order valence-corrected chi connectivity index (χ4v) is 1.14. The third kappa shape index (κ3) is 3.81. The van der Waals surface area contributed by atoms with E-state index in [0.717, 1.165) is 18.3 Å². The molecule has 7 nitrogen and oxygen atoms in total. The van der Waals surface area contributed by atoms with Crippen LogP contribution in [0.2, 0.25) is 0 Å². The van der Waals surface area contributed by atoms with Crippen molar-refractivity contribution in [3.63, 3.8) is 0 Å². The number of nitrogens with one attached hydrogen (secondary N) is 1. The molecule has 1 aromatic rings. The van der Waals surface area contributed by atoms with E-state index in [1.807, 2.05) is 0 Å². The molecule has 18 heavy (non-hydrogen) atoms. The number of halogens is 1. The van der Waals surface area contributed by atoms with E-state index in [4.69, 9.17) is 10.8 Å². The van der Waals surface area contributed by atoms with Gasteiger partial charge in [0.05, 0.1) is 12.6 Å². The minimum absolute atomic E-state index is 0.160. The number of hydrogen-bond acceptors (Lipinski definition) is 4. The molecule has 8 heteroatoms. The highest BCUT2D eigenvalue weighted by Crippen LogP contribution is 2.00. The first-order valence-electron chi connectivity index (χ1n) is 4.83.